The number of likely N-dealkylation sites (tertiary alicyclic amines) is 1. The van der Waals surface area contributed by atoms with Crippen molar-refractivity contribution in [2.24, 2.45) is 0 Å². The highest BCUT2D eigenvalue weighted by molar-refractivity contribution is 5.76. The van der Waals surface area contributed by atoms with Gasteiger partial charge in [0.2, 0.25) is 5.91 Å². The maximum Gasteiger partial charge on any atom is 0.220 e. The third-order valence-electron chi connectivity index (χ3n) is 4.57. The van der Waals surface area contributed by atoms with E-state index in [-0.39, 0.29) is 5.91 Å². The molecular formula is C15H29N3O. The fourth-order valence-corrected chi connectivity index (χ4v) is 3.40. The fraction of sp³-hybridized carbons (Fsp3) is 0.933. The molecule has 2 rings (SSSR count). The topological polar surface area (TPSA) is 44.4 Å². The van der Waals surface area contributed by atoms with Crippen LogP contribution < -0.4 is 10.6 Å². The summed E-state index contributed by atoms with van der Waals surface area (Å²) in [6.45, 7) is 3.27. The second kappa shape index (κ2) is 7.85. The summed E-state index contributed by atoms with van der Waals surface area (Å²) < 4.78 is 0. The van der Waals surface area contributed by atoms with Gasteiger partial charge in [-0.3, -0.25) is 4.79 Å². The van der Waals surface area contributed by atoms with E-state index in [1.54, 1.807) is 0 Å². The van der Waals surface area contributed by atoms with Crippen LogP contribution in [0.5, 0.6) is 0 Å². The SMILES string of the molecule is CNCCCC(=O)NC1CCN(C2CCCC2)CC1. The van der Waals surface area contributed by atoms with Crippen molar-refractivity contribution < 1.29 is 4.79 Å². The van der Waals surface area contributed by atoms with Gasteiger partial charge in [0.25, 0.3) is 0 Å². The van der Waals surface area contributed by atoms with Gasteiger partial charge in [0.1, 0.15) is 0 Å². The van der Waals surface area contributed by atoms with Gasteiger partial charge in [-0.2, -0.15) is 0 Å². The Kier molecular flexibility index (Phi) is 6.11. The van der Waals surface area contributed by atoms with Crippen molar-refractivity contribution >= 4 is 5.91 Å². The molecule has 0 radical (unpaired) electrons. The molecule has 0 unspecified atom stereocenters. The van der Waals surface area contributed by atoms with Crippen LogP contribution in [0.4, 0.5) is 0 Å². The molecular weight excluding hydrogens is 238 g/mol. The van der Waals surface area contributed by atoms with Crippen LogP contribution in [0, 0.1) is 0 Å². The average molecular weight is 267 g/mol. The number of nitrogens with one attached hydrogen (secondary N) is 2. The molecule has 1 heterocycles. The molecule has 1 saturated carbocycles. The first kappa shape index (κ1) is 14.8. The lowest BCUT2D eigenvalue weighted by Crippen LogP contribution is -2.47. The molecule has 1 saturated heterocycles. The molecule has 4 heteroatoms. The van der Waals surface area contributed by atoms with E-state index in [0.717, 1.165) is 31.8 Å². The zero-order valence-electron chi connectivity index (χ0n) is 12.3. The Morgan fingerprint density at radius 3 is 2.47 bits per heavy atom. The Bertz CT molecular complexity index is 269. The van der Waals surface area contributed by atoms with Gasteiger partial charge < -0.3 is 15.5 Å². The summed E-state index contributed by atoms with van der Waals surface area (Å²) >= 11 is 0. The Morgan fingerprint density at radius 1 is 1.16 bits per heavy atom. The molecule has 0 atom stereocenters. The van der Waals surface area contributed by atoms with E-state index >= 15 is 0 Å². The van der Waals surface area contributed by atoms with Crippen LogP contribution in [0.25, 0.3) is 0 Å². The number of hydrogen-bond acceptors (Lipinski definition) is 3. The summed E-state index contributed by atoms with van der Waals surface area (Å²) in [4.78, 5) is 14.4. The predicted molar refractivity (Wildman–Crippen MR) is 78.2 cm³/mol. The van der Waals surface area contributed by atoms with Gasteiger partial charge in [-0.1, -0.05) is 12.8 Å². The second-order valence-electron chi connectivity index (χ2n) is 6.02. The summed E-state index contributed by atoms with van der Waals surface area (Å²) in [6, 6.07) is 1.26. The molecule has 0 aromatic heterocycles. The molecule has 1 amide bonds. The number of carbonyl (C=O) groups excluding carboxylic acids is 1. The predicted octanol–water partition coefficient (Wildman–Crippen LogP) is 1.51. The van der Waals surface area contributed by atoms with Gasteiger partial charge in [-0.05, 0) is 45.7 Å². The van der Waals surface area contributed by atoms with Crippen molar-refractivity contribution in [1.82, 2.24) is 15.5 Å². The summed E-state index contributed by atoms with van der Waals surface area (Å²) in [5.41, 5.74) is 0. The number of amides is 1. The third kappa shape index (κ3) is 4.77. The summed E-state index contributed by atoms with van der Waals surface area (Å²) in [6.07, 6.45) is 9.46. The zero-order valence-corrected chi connectivity index (χ0v) is 12.3. The number of nitrogens with zero attached hydrogens (tertiary/aromatic N) is 1. The van der Waals surface area contributed by atoms with Crippen molar-refractivity contribution in [3.05, 3.63) is 0 Å². The molecule has 0 spiro atoms. The van der Waals surface area contributed by atoms with Crippen molar-refractivity contribution in [1.29, 1.82) is 0 Å². The lowest BCUT2D eigenvalue weighted by atomic mass is 10.0. The van der Waals surface area contributed by atoms with Crippen LogP contribution in [0.2, 0.25) is 0 Å². The highest BCUT2D eigenvalue weighted by Crippen LogP contribution is 2.26. The van der Waals surface area contributed by atoms with Gasteiger partial charge in [0, 0.05) is 31.6 Å². The highest BCUT2D eigenvalue weighted by atomic mass is 16.1. The average Bonchev–Trinajstić information content (AvgIpc) is 2.94. The minimum Gasteiger partial charge on any atom is -0.353 e. The number of hydrogen-bond donors (Lipinski definition) is 2. The molecule has 110 valence electrons. The zero-order chi connectivity index (χ0) is 13.5. The number of carbonyl (C=O) groups is 1. The van der Waals surface area contributed by atoms with Crippen LogP contribution in [0.3, 0.4) is 0 Å². The van der Waals surface area contributed by atoms with Gasteiger partial charge in [0.05, 0.1) is 0 Å². The first-order valence-electron chi connectivity index (χ1n) is 7.97. The first-order valence-corrected chi connectivity index (χ1v) is 7.97. The minimum absolute atomic E-state index is 0.231. The molecule has 0 aromatic rings. The quantitative estimate of drug-likeness (QED) is 0.717. The molecule has 1 aliphatic heterocycles. The van der Waals surface area contributed by atoms with E-state index in [0.29, 0.717) is 12.5 Å². The highest BCUT2D eigenvalue weighted by Gasteiger charge is 2.27. The maximum absolute atomic E-state index is 11.8. The first-order chi connectivity index (χ1) is 9.29. The van der Waals surface area contributed by atoms with Crippen LogP contribution in [-0.4, -0.2) is 49.6 Å². The molecule has 2 aliphatic rings. The Hall–Kier alpha value is -0.610. The van der Waals surface area contributed by atoms with Crippen molar-refractivity contribution in [2.75, 3.05) is 26.7 Å². The van der Waals surface area contributed by atoms with Crippen LogP contribution in [-0.2, 0) is 4.79 Å². The largest absolute Gasteiger partial charge is 0.353 e. The van der Waals surface area contributed by atoms with Gasteiger partial charge in [-0.15, -0.1) is 0 Å². The second-order valence-corrected chi connectivity index (χ2v) is 6.02. The van der Waals surface area contributed by atoms with Crippen LogP contribution >= 0.6 is 0 Å². The van der Waals surface area contributed by atoms with E-state index in [2.05, 4.69) is 15.5 Å². The number of rotatable bonds is 6. The van der Waals surface area contributed by atoms with E-state index < -0.39 is 0 Å². The van der Waals surface area contributed by atoms with E-state index in [4.69, 9.17) is 0 Å². The summed E-state index contributed by atoms with van der Waals surface area (Å²) in [7, 11) is 1.93. The van der Waals surface area contributed by atoms with Crippen molar-refractivity contribution in [2.45, 2.75) is 63.5 Å². The van der Waals surface area contributed by atoms with Crippen LogP contribution in [0.15, 0.2) is 0 Å². The normalized spacial score (nSPS) is 22.8. The molecule has 4 nitrogen and oxygen atoms in total. The van der Waals surface area contributed by atoms with Crippen molar-refractivity contribution in [3.8, 4) is 0 Å². The minimum atomic E-state index is 0.231. The molecule has 1 aliphatic carbocycles. The van der Waals surface area contributed by atoms with E-state index in [1.165, 1.54) is 38.8 Å². The summed E-state index contributed by atoms with van der Waals surface area (Å²) in [5.74, 6) is 0.231. The Balaban J connectivity index is 1.61. The lowest BCUT2D eigenvalue weighted by molar-refractivity contribution is -0.122. The van der Waals surface area contributed by atoms with Gasteiger partial charge in [-0.25, -0.2) is 0 Å². The molecule has 0 aromatic carbocycles. The third-order valence-corrected chi connectivity index (χ3v) is 4.57. The standard InChI is InChI=1S/C15H29N3O/c1-16-10-4-7-15(19)17-13-8-11-18(12-9-13)14-5-2-3-6-14/h13-14,16H,2-12H2,1H3,(H,17,19). The maximum atomic E-state index is 11.8. The lowest BCUT2D eigenvalue weighted by Gasteiger charge is -2.36. The number of piperidine rings is 1. The fourth-order valence-electron chi connectivity index (χ4n) is 3.40. The smallest absolute Gasteiger partial charge is 0.220 e. The monoisotopic (exact) mass is 267 g/mol. The Morgan fingerprint density at radius 2 is 1.84 bits per heavy atom. The molecule has 19 heavy (non-hydrogen) atoms. The van der Waals surface area contributed by atoms with E-state index in [1.807, 2.05) is 7.05 Å². The summed E-state index contributed by atoms with van der Waals surface area (Å²) in [5, 5.41) is 6.27. The Labute approximate surface area is 117 Å². The van der Waals surface area contributed by atoms with Crippen molar-refractivity contribution in [3.63, 3.8) is 0 Å². The van der Waals surface area contributed by atoms with E-state index in [9.17, 15) is 4.79 Å². The van der Waals surface area contributed by atoms with Gasteiger partial charge >= 0.3 is 0 Å². The molecule has 2 N–H and O–H groups in total. The molecule has 2 fully saturated rings. The van der Waals surface area contributed by atoms with Crippen LogP contribution in [0.1, 0.15) is 51.4 Å². The van der Waals surface area contributed by atoms with Gasteiger partial charge in [0.15, 0.2) is 0 Å². The molecule has 0 bridgehead atoms.